The minimum absolute atomic E-state index is 0.0932. The molecule has 0 spiro atoms. The van der Waals surface area contributed by atoms with Gasteiger partial charge in [0.25, 0.3) is 11.8 Å². The van der Waals surface area contributed by atoms with Crippen molar-refractivity contribution in [2.75, 3.05) is 22.6 Å². The van der Waals surface area contributed by atoms with Gasteiger partial charge in [-0.15, -0.1) is 11.3 Å². The first-order chi connectivity index (χ1) is 21.8. The predicted octanol–water partition coefficient (Wildman–Crippen LogP) is 7.70. The zero-order valence-corrected chi connectivity index (χ0v) is 27.3. The molecule has 0 bridgehead atoms. The number of benzene rings is 3. The largest absolute Gasteiger partial charge is 0.479 e. The summed E-state index contributed by atoms with van der Waals surface area (Å²) in [5.41, 5.74) is 5.11. The number of nitrogens with zero attached hydrogens (tertiary/aromatic N) is 1. The Morgan fingerprint density at radius 1 is 0.800 bits per heavy atom. The van der Waals surface area contributed by atoms with Gasteiger partial charge in [-0.25, -0.2) is 0 Å². The predicted molar refractivity (Wildman–Crippen MR) is 182 cm³/mol. The number of thiophene rings is 1. The molecule has 3 heterocycles. The van der Waals surface area contributed by atoms with Crippen molar-refractivity contribution in [1.82, 2.24) is 5.32 Å². The van der Waals surface area contributed by atoms with Gasteiger partial charge in [-0.1, -0.05) is 56.3 Å². The number of amides is 2. The van der Waals surface area contributed by atoms with Gasteiger partial charge >= 0.3 is 0 Å². The second-order valence-corrected chi connectivity index (χ2v) is 12.2. The fourth-order valence-electron chi connectivity index (χ4n) is 5.57. The van der Waals surface area contributed by atoms with E-state index < -0.39 is 12.2 Å². The molecule has 4 atom stereocenters. The van der Waals surface area contributed by atoms with Gasteiger partial charge in [0.2, 0.25) is 0 Å². The van der Waals surface area contributed by atoms with E-state index >= 15 is 0 Å². The van der Waals surface area contributed by atoms with Gasteiger partial charge in [0.05, 0.1) is 22.4 Å². The number of carbonyl (C=O) groups is 2. The van der Waals surface area contributed by atoms with Crippen LogP contribution in [-0.4, -0.2) is 31.1 Å². The van der Waals surface area contributed by atoms with E-state index in [1.165, 1.54) is 16.1 Å². The summed E-state index contributed by atoms with van der Waals surface area (Å²) in [5.74, 6) is 1.28. The third kappa shape index (κ3) is 7.67. The fraction of sp³-hybridized carbons (Fsp3) is 0.333. The highest BCUT2D eigenvalue weighted by Gasteiger charge is 2.26. The van der Waals surface area contributed by atoms with Crippen molar-refractivity contribution in [3.05, 3.63) is 101 Å². The summed E-state index contributed by atoms with van der Waals surface area (Å²) < 4.78 is 11.2. The standard InChI is InChI=1S/C19H22N2O2.C17H20N2O2S/c1-3-16(20-12-14-7-5-4-6-8-14)15-9-10-18-17(11-15)21-19(22)13(2)23-18;1-4-14(19(3)16-6-5-9-22-16)12-7-8-15-13(10-12)18-17(20)11(2)21-15/h4-11,13,16,20H,3,12H2,1-2H3,(H,21,22);5-11,14H,4H2,1-3H3,(H,18,20). The molecule has 3 aromatic carbocycles. The van der Waals surface area contributed by atoms with Crippen molar-refractivity contribution in [1.29, 1.82) is 0 Å². The second kappa shape index (κ2) is 14.6. The molecule has 8 nitrogen and oxygen atoms in total. The number of rotatable bonds is 9. The lowest BCUT2D eigenvalue weighted by Crippen LogP contribution is -2.34. The summed E-state index contributed by atoms with van der Waals surface area (Å²) in [4.78, 5) is 25.8. The van der Waals surface area contributed by atoms with Gasteiger partial charge in [0, 0.05) is 19.6 Å². The van der Waals surface area contributed by atoms with Crippen LogP contribution in [0.4, 0.5) is 16.4 Å². The van der Waals surface area contributed by atoms with Crippen LogP contribution in [0.2, 0.25) is 0 Å². The van der Waals surface area contributed by atoms with Crippen LogP contribution in [0.5, 0.6) is 11.5 Å². The molecule has 9 heteroatoms. The Balaban J connectivity index is 0.000000178. The maximum absolute atomic E-state index is 11.8. The molecule has 0 saturated heterocycles. The zero-order valence-electron chi connectivity index (χ0n) is 26.5. The van der Waals surface area contributed by atoms with Gasteiger partial charge in [-0.2, -0.15) is 0 Å². The van der Waals surface area contributed by atoms with Crippen LogP contribution in [0, 0.1) is 0 Å². The lowest BCUT2D eigenvalue weighted by Gasteiger charge is -2.30. The number of fused-ring (bicyclic) bond motifs is 2. The van der Waals surface area contributed by atoms with Crippen LogP contribution in [0.15, 0.2) is 84.2 Å². The monoisotopic (exact) mass is 626 g/mol. The first kappa shape index (κ1) is 32.1. The highest BCUT2D eigenvalue weighted by molar-refractivity contribution is 7.14. The minimum atomic E-state index is -0.438. The maximum atomic E-state index is 11.8. The fourth-order valence-corrected chi connectivity index (χ4v) is 6.32. The average Bonchev–Trinajstić information content (AvgIpc) is 3.59. The lowest BCUT2D eigenvalue weighted by molar-refractivity contribution is -0.123. The molecule has 1 aromatic heterocycles. The SMILES string of the molecule is CCC(NCc1ccccc1)c1ccc2c(c1)NC(=O)C(C)O2.CCC(c1ccc2c(c1)NC(=O)C(C)O2)N(C)c1cccs1. The Kier molecular flexibility index (Phi) is 10.4. The molecule has 2 amide bonds. The van der Waals surface area contributed by atoms with Crippen LogP contribution in [-0.2, 0) is 16.1 Å². The van der Waals surface area contributed by atoms with Crippen molar-refractivity contribution in [2.24, 2.45) is 0 Å². The number of hydrogen-bond donors (Lipinski definition) is 3. The molecule has 3 N–H and O–H groups in total. The number of ether oxygens (including phenoxy) is 2. The molecule has 2 aliphatic rings. The molecule has 0 radical (unpaired) electrons. The van der Waals surface area contributed by atoms with Crippen LogP contribution >= 0.6 is 11.3 Å². The van der Waals surface area contributed by atoms with Crippen molar-refractivity contribution in [3.8, 4) is 11.5 Å². The Morgan fingerprint density at radius 2 is 1.40 bits per heavy atom. The number of carbonyl (C=O) groups excluding carboxylic acids is 2. The Morgan fingerprint density at radius 3 is 1.96 bits per heavy atom. The third-order valence-electron chi connectivity index (χ3n) is 8.17. The molecule has 0 saturated carbocycles. The Bertz CT molecular complexity index is 1590. The highest BCUT2D eigenvalue weighted by atomic mass is 32.1. The molecule has 4 unspecified atom stereocenters. The number of nitrogens with one attached hydrogen (secondary N) is 3. The molecule has 45 heavy (non-hydrogen) atoms. The maximum Gasteiger partial charge on any atom is 0.265 e. The molecular weight excluding hydrogens is 584 g/mol. The molecule has 2 aliphatic heterocycles. The summed E-state index contributed by atoms with van der Waals surface area (Å²) in [6, 6.07) is 27.1. The Labute approximate surface area is 269 Å². The van der Waals surface area contributed by atoms with Crippen molar-refractivity contribution >= 4 is 39.5 Å². The lowest BCUT2D eigenvalue weighted by atomic mass is 10.0. The molecule has 6 rings (SSSR count). The van der Waals surface area contributed by atoms with Crippen LogP contribution in [0.3, 0.4) is 0 Å². The van der Waals surface area contributed by atoms with Gasteiger partial charge in [-0.3, -0.25) is 9.59 Å². The topological polar surface area (TPSA) is 91.9 Å². The van der Waals surface area contributed by atoms with Gasteiger partial charge in [0.1, 0.15) is 11.5 Å². The highest BCUT2D eigenvalue weighted by Crippen LogP contribution is 2.37. The van der Waals surface area contributed by atoms with E-state index in [1.54, 1.807) is 25.2 Å². The van der Waals surface area contributed by atoms with E-state index in [1.807, 2.05) is 42.5 Å². The normalized spacial score (nSPS) is 18.0. The zero-order chi connectivity index (χ0) is 31.9. The van der Waals surface area contributed by atoms with E-state index in [9.17, 15) is 9.59 Å². The molecule has 4 aromatic rings. The van der Waals surface area contributed by atoms with E-state index in [0.717, 1.165) is 47.8 Å². The summed E-state index contributed by atoms with van der Waals surface area (Å²) in [5, 5.41) is 12.7. The molecular formula is C36H42N4O4S. The molecule has 0 aliphatic carbocycles. The average molecular weight is 627 g/mol. The van der Waals surface area contributed by atoms with E-state index in [2.05, 4.69) is 83.5 Å². The van der Waals surface area contributed by atoms with Crippen LogP contribution in [0.1, 0.15) is 69.3 Å². The van der Waals surface area contributed by atoms with Crippen molar-refractivity contribution < 1.29 is 19.1 Å². The van der Waals surface area contributed by atoms with Gasteiger partial charge in [0.15, 0.2) is 12.2 Å². The van der Waals surface area contributed by atoms with Crippen LogP contribution in [0.25, 0.3) is 0 Å². The number of hydrogen-bond acceptors (Lipinski definition) is 7. The summed E-state index contributed by atoms with van der Waals surface area (Å²) in [7, 11) is 2.11. The van der Waals surface area contributed by atoms with Crippen molar-refractivity contribution in [3.63, 3.8) is 0 Å². The van der Waals surface area contributed by atoms with E-state index in [-0.39, 0.29) is 23.9 Å². The quantitative estimate of drug-likeness (QED) is 0.176. The molecule has 0 fully saturated rings. The smallest absolute Gasteiger partial charge is 0.265 e. The van der Waals surface area contributed by atoms with E-state index in [4.69, 9.17) is 9.47 Å². The Hall–Kier alpha value is -4.34. The van der Waals surface area contributed by atoms with E-state index in [0.29, 0.717) is 0 Å². The first-order valence-corrected chi connectivity index (χ1v) is 16.4. The number of anilines is 3. The third-order valence-corrected chi connectivity index (χ3v) is 9.13. The van der Waals surface area contributed by atoms with Crippen molar-refractivity contribution in [2.45, 2.75) is 71.4 Å². The summed E-state index contributed by atoms with van der Waals surface area (Å²) >= 11 is 1.73. The molecule has 236 valence electrons. The minimum Gasteiger partial charge on any atom is -0.479 e. The van der Waals surface area contributed by atoms with Gasteiger partial charge < -0.3 is 30.3 Å². The second-order valence-electron chi connectivity index (χ2n) is 11.3. The van der Waals surface area contributed by atoms with Gasteiger partial charge in [-0.05, 0) is 85.2 Å². The first-order valence-electron chi connectivity index (χ1n) is 15.5. The summed E-state index contributed by atoms with van der Waals surface area (Å²) in [6.07, 6.45) is 1.08. The summed E-state index contributed by atoms with van der Waals surface area (Å²) in [6.45, 7) is 8.65. The van der Waals surface area contributed by atoms with Crippen LogP contribution < -0.4 is 30.3 Å².